The van der Waals surface area contributed by atoms with Gasteiger partial charge < -0.3 is 19.4 Å². The van der Waals surface area contributed by atoms with Gasteiger partial charge in [-0.1, -0.05) is 12.1 Å². The molecule has 2 aromatic carbocycles. The molecule has 1 aromatic heterocycles. The first-order chi connectivity index (χ1) is 14.6. The van der Waals surface area contributed by atoms with Crippen molar-refractivity contribution in [3.63, 3.8) is 0 Å². The number of esters is 1. The van der Waals surface area contributed by atoms with Gasteiger partial charge >= 0.3 is 5.97 Å². The number of hydrogen-bond acceptors (Lipinski definition) is 6. The van der Waals surface area contributed by atoms with Crippen molar-refractivity contribution in [3.8, 4) is 0 Å². The van der Waals surface area contributed by atoms with Crippen molar-refractivity contribution >= 4 is 40.3 Å². The summed E-state index contributed by atoms with van der Waals surface area (Å²) in [6, 6.07) is 14.4. The number of para-hydroxylation sites is 2. The lowest BCUT2D eigenvalue weighted by Gasteiger charge is -2.16. The van der Waals surface area contributed by atoms with E-state index in [0.717, 1.165) is 17.6 Å². The number of aromatic nitrogens is 1. The minimum absolute atomic E-state index is 0.0681. The Hall–Kier alpha value is -3.68. The quantitative estimate of drug-likeness (QED) is 0.604. The Morgan fingerprint density at radius 1 is 1.13 bits per heavy atom. The molecule has 30 heavy (non-hydrogen) atoms. The van der Waals surface area contributed by atoms with Crippen molar-refractivity contribution in [2.75, 3.05) is 23.4 Å². The van der Waals surface area contributed by atoms with E-state index >= 15 is 0 Å². The largest absolute Gasteiger partial charge is 0.456 e. The van der Waals surface area contributed by atoms with E-state index in [1.165, 1.54) is 0 Å². The molecule has 1 aliphatic heterocycles. The Morgan fingerprint density at radius 3 is 2.67 bits per heavy atom. The average molecular weight is 407 g/mol. The molecular formula is C22H21N3O5. The van der Waals surface area contributed by atoms with E-state index in [2.05, 4.69) is 10.3 Å². The van der Waals surface area contributed by atoms with Crippen LogP contribution in [0.15, 0.2) is 52.9 Å². The molecule has 0 aliphatic carbocycles. The number of hydrogen-bond donors (Lipinski definition) is 1. The highest BCUT2D eigenvalue weighted by Gasteiger charge is 2.21. The zero-order chi connectivity index (χ0) is 20.9. The van der Waals surface area contributed by atoms with Crippen LogP contribution < -0.4 is 10.2 Å². The van der Waals surface area contributed by atoms with E-state index in [-0.39, 0.29) is 18.9 Å². The number of rotatable bonds is 7. The number of nitrogens with one attached hydrogen (secondary N) is 1. The molecule has 4 rings (SSSR count). The van der Waals surface area contributed by atoms with Gasteiger partial charge in [-0.15, -0.1) is 0 Å². The van der Waals surface area contributed by atoms with Crippen LogP contribution in [0.2, 0.25) is 0 Å². The van der Waals surface area contributed by atoms with Gasteiger partial charge in [-0.25, -0.2) is 4.98 Å². The first kappa shape index (κ1) is 19.6. The fraction of sp³-hybridized carbons (Fsp3) is 0.273. The van der Waals surface area contributed by atoms with E-state index in [1.807, 2.05) is 24.3 Å². The molecule has 2 amide bonds. The summed E-state index contributed by atoms with van der Waals surface area (Å²) in [4.78, 5) is 41.7. The summed E-state index contributed by atoms with van der Waals surface area (Å²) in [6.45, 7) is 0.336. The highest BCUT2D eigenvalue weighted by atomic mass is 16.5. The van der Waals surface area contributed by atoms with Crippen LogP contribution >= 0.6 is 0 Å². The monoisotopic (exact) mass is 407 g/mol. The number of amides is 2. The van der Waals surface area contributed by atoms with E-state index in [9.17, 15) is 14.4 Å². The SMILES string of the molecule is O=C(COC(=O)CCc1nc2ccccc2o1)Nc1ccc(N2CCCC2=O)cc1. The lowest BCUT2D eigenvalue weighted by molar-refractivity contribution is -0.147. The Morgan fingerprint density at radius 2 is 1.93 bits per heavy atom. The first-order valence-electron chi connectivity index (χ1n) is 9.79. The first-order valence-corrected chi connectivity index (χ1v) is 9.79. The molecule has 0 unspecified atom stereocenters. The van der Waals surface area contributed by atoms with Gasteiger partial charge in [0, 0.05) is 30.8 Å². The van der Waals surface area contributed by atoms with Gasteiger partial charge in [0.25, 0.3) is 5.91 Å². The number of fused-ring (bicyclic) bond motifs is 1. The molecule has 154 valence electrons. The molecule has 1 N–H and O–H groups in total. The van der Waals surface area contributed by atoms with Crippen LogP contribution in [0.5, 0.6) is 0 Å². The van der Waals surface area contributed by atoms with Crippen LogP contribution in [-0.4, -0.2) is 35.9 Å². The zero-order valence-electron chi connectivity index (χ0n) is 16.3. The van der Waals surface area contributed by atoms with Crippen LogP contribution in [0.4, 0.5) is 11.4 Å². The van der Waals surface area contributed by atoms with Crippen molar-refractivity contribution in [2.45, 2.75) is 25.7 Å². The fourth-order valence-electron chi connectivity index (χ4n) is 3.30. The molecule has 0 radical (unpaired) electrons. The number of benzene rings is 2. The maximum atomic E-state index is 12.0. The molecule has 0 atom stereocenters. The van der Waals surface area contributed by atoms with Crippen LogP contribution in [0.3, 0.4) is 0 Å². The third-order valence-corrected chi connectivity index (χ3v) is 4.78. The summed E-state index contributed by atoms with van der Waals surface area (Å²) >= 11 is 0. The fourth-order valence-corrected chi connectivity index (χ4v) is 3.30. The molecule has 0 saturated carbocycles. The number of nitrogens with zero attached hydrogens (tertiary/aromatic N) is 2. The lowest BCUT2D eigenvalue weighted by atomic mass is 10.2. The normalized spacial score (nSPS) is 13.6. The molecule has 8 nitrogen and oxygen atoms in total. The van der Waals surface area contributed by atoms with Crippen molar-refractivity contribution < 1.29 is 23.5 Å². The van der Waals surface area contributed by atoms with Crippen LogP contribution in [0, 0.1) is 0 Å². The smallest absolute Gasteiger partial charge is 0.306 e. The molecule has 2 heterocycles. The Bertz CT molecular complexity index is 1040. The standard InChI is InChI=1S/C22H21N3O5/c26-19(23-15-7-9-16(10-8-15)25-13-3-6-21(25)27)14-29-22(28)12-11-20-24-17-4-1-2-5-18(17)30-20/h1-2,4-5,7-10H,3,6,11-14H2,(H,23,26). The summed E-state index contributed by atoms with van der Waals surface area (Å²) in [5, 5.41) is 2.67. The van der Waals surface area contributed by atoms with E-state index in [4.69, 9.17) is 9.15 Å². The maximum absolute atomic E-state index is 12.0. The van der Waals surface area contributed by atoms with Gasteiger partial charge in [0.2, 0.25) is 5.91 Å². The van der Waals surface area contributed by atoms with Crippen molar-refractivity contribution in [1.82, 2.24) is 4.98 Å². The van der Waals surface area contributed by atoms with Gasteiger partial charge in [-0.05, 0) is 42.8 Å². The van der Waals surface area contributed by atoms with Crippen molar-refractivity contribution in [1.29, 1.82) is 0 Å². The zero-order valence-corrected chi connectivity index (χ0v) is 16.3. The number of carbonyl (C=O) groups excluding carboxylic acids is 3. The Balaban J connectivity index is 1.21. The summed E-state index contributed by atoms with van der Waals surface area (Å²) in [7, 11) is 0. The van der Waals surface area contributed by atoms with Gasteiger partial charge in [0.1, 0.15) is 5.52 Å². The number of oxazole rings is 1. The second-order valence-corrected chi connectivity index (χ2v) is 6.98. The molecule has 0 spiro atoms. The molecule has 1 fully saturated rings. The number of anilines is 2. The second-order valence-electron chi connectivity index (χ2n) is 6.98. The van der Waals surface area contributed by atoms with E-state index in [1.54, 1.807) is 29.2 Å². The van der Waals surface area contributed by atoms with Gasteiger partial charge in [-0.2, -0.15) is 0 Å². The molecule has 3 aromatic rings. The molecule has 8 heteroatoms. The van der Waals surface area contributed by atoms with Crippen LogP contribution in [-0.2, 0) is 25.5 Å². The van der Waals surface area contributed by atoms with Gasteiger partial charge in [0.15, 0.2) is 18.1 Å². The van der Waals surface area contributed by atoms with Gasteiger partial charge in [-0.3, -0.25) is 14.4 Å². The number of carbonyl (C=O) groups is 3. The topological polar surface area (TPSA) is 102 Å². The summed E-state index contributed by atoms with van der Waals surface area (Å²) in [6.07, 6.45) is 1.79. The minimum atomic E-state index is -0.504. The highest BCUT2D eigenvalue weighted by molar-refractivity contribution is 5.96. The predicted octanol–water partition coefficient (Wildman–Crippen LogP) is 3.07. The van der Waals surface area contributed by atoms with E-state index in [0.29, 0.717) is 36.5 Å². The summed E-state index contributed by atoms with van der Waals surface area (Å²) in [5.74, 6) is -0.378. The van der Waals surface area contributed by atoms with Crippen LogP contribution in [0.25, 0.3) is 11.1 Å². The van der Waals surface area contributed by atoms with Gasteiger partial charge in [0.05, 0.1) is 6.42 Å². The Labute approximate surface area is 172 Å². The van der Waals surface area contributed by atoms with Crippen LogP contribution in [0.1, 0.15) is 25.2 Å². The molecule has 0 bridgehead atoms. The third kappa shape index (κ3) is 4.65. The maximum Gasteiger partial charge on any atom is 0.306 e. The predicted molar refractivity (Wildman–Crippen MR) is 110 cm³/mol. The van der Waals surface area contributed by atoms with E-state index < -0.39 is 11.9 Å². The average Bonchev–Trinajstić information content (AvgIpc) is 3.37. The molecule has 1 saturated heterocycles. The minimum Gasteiger partial charge on any atom is -0.456 e. The van der Waals surface area contributed by atoms with Crippen molar-refractivity contribution in [2.24, 2.45) is 0 Å². The molecular weight excluding hydrogens is 386 g/mol. The molecule has 1 aliphatic rings. The van der Waals surface area contributed by atoms with Crippen molar-refractivity contribution in [3.05, 3.63) is 54.4 Å². The third-order valence-electron chi connectivity index (χ3n) is 4.78. The lowest BCUT2D eigenvalue weighted by Crippen LogP contribution is -2.23. The summed E-state index contributed by atoms with van der Waals surface area (Å²) < 4.78 is 10.6. The number of ether oxygens (including phenoxy) is 1. The summed E-state index contributed by atoms with van der Waals surface area (Å²) in [5.41, 5.74) is 2.78. The Kier molecular flexibility index (Phi) is 5.74. The number of aryl methyl sites for hydroxylation is 1. The highest BCUT2D eigenvalue weighted by Crippen LogP contribution is 2.23. The second kappa shape index (κ2) is 8.77.